The van der Waals surface area contributed by atoms with E-state index in [0.29, 0.717) is 12.1 Å². The molecule has 1 aromatic carbocycles. The van der Waals surface area contributed by atoms with Gasteiger partial charge in [0.05, 0.1) is 4.92 Å². The van der Waals surface area contributed by atoms with Gasteiger partial charge in [-0.15, -0.1) is 0 Å². The van der Waals surface area contributed by atoms with Crippen molar-refractivity contribution in [3.8, 4) is 0 Å². The van der Waals surface area contributed by atoms with Crippen LogP contribution < -0.4 is 5.32 Å². The average Bonchev–Trinajstić information content (AvgIpc) is 2.78. The third-order valence-corrected chi connectivity index (χ3v) is 5.23. The molecule has 6 heteroatoms. The molecule has 6 nitrogen and oxygen atoms in total. The van der Waals surface area contributed by atoms with Crippen LogP contribution in [0.4, 0.5) is 5.69 Å². The van der Waals surface area contributed by atoms with Crippen molar-refractivity contribution in [2.45, 2.75) is 51.0 Å². The van der Waals surface area contributed by atoms with Gasteiger partial charge in [-0.3, -0.25) is 14.9 Å². The van der Waals surface area contributed by atoms with Gasteiger partial charge in [-0.05, 0) is 39.9 Å². The smallest absolute Gasteiger partial charge is 0.285 e. The number of aryl methyl sites for hydroxylation is 1. The summed E-state index contributed by atoms with van der Waals surface area (Å²) in [4.78, 5) is 25.6. The number of nitrogens with one attached hydrogen (secondary N) is 1. The number of rotatable bonds is 5. The molecule has 0 unspecified atom stereocenters. The molecule has 1 aliphatic rings. The Kier molecular flexibility index (Phi) is 5.94. The Bertz CT molecular complexity index is 606. The van der Waals surface area contributed by atoms with E-state index in [0.717, 1.165) is 25.7 Å². The fourth-order valence-corrected chi connectivity index (χ4v) is 3.59. The van der Waals surface area contributed by atoms with Gasteiger partial charge in [-0.25, -0.2) is 0 Å². The lowest BCUT2D eigenvalue weighted by molar-refractivity contribution is -0.385. The second kappa shape index (κ2) is 7.75. The van der Waals surface area contributed by atoms with E-state index in [2.05, 4.69) is 10.2 Å². The molecular formula is C18H27N3O3. The maximum Gasteiger partial charge on any atom is 0.285 e. The Hall–Kier alpha value is -1.95. The standard InChI is InChI=1S/C18H27N3O3/c1-14-9-8-10-15(16(14)21(23)24)17(22)19-13-18(20(2)3)11-6-4-5-7-12-18/h8-10H,4-7,11-13H2,1-3H3,(H,19,22). The lowest BCUT2D eigenvalue weighted by atomic mass is 9.88. The van der Waals surface area contributed by atoms with Crippen LogP contribution in [0.3, 0.4) is 0 Å². The van der Waals surface area contributed by atoms with Crippen LogP contribution >= 0.6 is 0 Å². The minimum atomic E-state index is -0.475. The number of likely N-dealkylation sites (N-methyl/N-ethyl adjacent to an activating group) is 1. The third-order valence-electron chi connectivity index (χ3n) is 5.23. The number of nitrogens with zero attached hydrogens (tertiary/aromatic N) is 2. The lowest BCUT2D eigenvalue weighted by Gasteiger charge is -2.39. The average molecular weight is 333 g/mol. The molecule has 0 atom stereocenters. The largest absolute Gasteiger partial charge is 0.350 e. The van der Waals surface area contributed by atoms with Gasteiger partial charge in [0.1, 0.15) is 5.56 Å². The predicted octanol–water partition coefficient (Wildman–Crippen LogP) is 3.29. The molecule has 132 valence electrons. The summed E-state index contributed by atoms with van der Waals surface area (Å²) in [6, 6.07) is 4.86. The molecule has 0 radical (unpaired) electrons. The van der Waals surface area contributed by atoms with E-state index in [-0.39, 0.29) is 22.7 Å². The molecule has 24 heavy (non-hydrogen) atoms. The highest BCUT2D eigenvalue weighted by molar-refractivity contribution is 5.98. The monoisotopic (exact) mass is 333 g/mol. The number of amides is 1. The molecule has 0 heterocycles. The van der Waals surface area contributed by atoms with E-state index < -0.39 is 4.92 Å². The molecule has 2 rings (SSSR count). The second-order valence-electron chi connectivity index (χ2n) is 6.94. The van der Waals surface area contributed by atoms with Crippen LogP contribution in [0.15, 0.2) is 18.2 Å². The van der Waals surface area contributed by atoms with Crippen molar-refractivity contribution in [2.75, 3.05) is 20.6 Å². The van der Waals surface area contributed by atoms with Gasteiger partial charge in [0, 0.05) is 17.6 Å². The SMILES string of the molecule is Cc1cccc(C(=O)NCC2(N(C)C)CCCCCC2)c1[N+](=O)[O-]. The number of nitro groups is 1. The molecular weight excluding hydrogens is 306 g/mol. The Labute approximate surface area is 143 Å². The number of carbonyl (C=O) groups is 1. The first-order valence-corrected chi connectivity index (χ1v) is 8.57. The van der Waals surface area contributed by atoms with Crippen molar-refractivity contribution < 1.29 is 9.72 Å². The van der Waals surface area contributed by atoms with Crippen LogP contribution in [0.5, 0.6) is 0 Å². The fraction of sp³-hybridized carbons (Fsp3) is 0.611. The van der Waals surface area contributed by atoms with Gasteiger partial charge in [0.15, 0.2) is 0 Å². The van der Waals surface area contributed by atoms with Crippen molar-refractivity contribution in [3.05, 3.63) is 39.4 Å². The summed E-state index contributed by atoms with van der Waals surface area (Å²) in [6.07, 6.45) is 6.84. The number of para-hydroxylation sites is 1. The van der Waals surface area contributed by atoms with Crippen molar-refractivity contribution >= 4 is 11.6 Å². The van der Waals surface area contributed by atoms with E-state index in [1.54, 1.807) is 19.1 Å². The molecule has 0 bridgehead atoms. The number of carbonyl (C=O) groups excluding carboxylic acids is 1. The molecule has 1 amide bonds. The van der Waals surface area contributed by atoms with Crippen molar-refractivity contribution in [1.29, 1.82) is 0 Å². The molecule has 0 saturated heterocycles. The Morgan fingerprint density at radius 1 is 1.25 bits per heavy atom. The Morgan fingerprint density at radius 2 is 1.88 bits per heavy atom. The first kappa shape index (κ1) is 18.4. The van der Waals surface area contributed by atoms with Crippen LogP contribution in [-0.2, 0) is 0 Å². The summed E-state index contributed by atoms with van der Waals surface area (Å²) < 4.78 is 0. The maximum atomic E-state index is 12.6. The zero-order valence-electron chi connectivity index (χ0n) is 14.8. The highest BCUT2D eigenvalue weighted by atomic mass is 16.6. The summed E-state index contributed by atoms with van der Waals surface area (Å²) in [5.41, 5.74) is 0.479. The quantitative estimate of drug-likeness (QED) is 0.510. The number of nitro benzene ring substituents is 1. The number of benzene rings is 1. The Balaban J connectivity index is 2.17. The number of hydrogen-bond donors (Lipinski definition) is 1. The second-order valence-corrected chi connectivity index (χ2v) is 6.94. The molecule has 1 aliphatic carbocycles. The van der Waals surface area contributed by atoms with E-state index >= 15 is 0 Å². The molecule has 1 aromatic rings. The van der Waals surface area contributed by atoms with Crippen LogP contribution in [0.25, 0.3) is 0 Å². The molecule has 0 spiro atoms. The van der Waals surface area contributed by atoms with Gasteiger partial charge in [0.2, 0.25) is 0 Å². The molecule has 1 saturated carbocycles. The zero-order chi connectivity index (χ0) is 17.7. The molecule has 1 fully saturated rings. The topological polar surface area (TPSA) is 75.5 Å². The molecule has 0 aliphatic heterocycles. The highest BCUT2D eigenvalue weighted by Gasteiger charge is 2.34. The lowest BCUT2D eigenvalue weighted by Crippen LogP contribution is -2.52. The highest BCUT2D eigenvalue weighted by Crippen LogP contribution is 2.31. The van der Waals surface area contributed by atoms with Crippen LogP contribution in [0.1, 0.15) is 54.4 Å². The predicted molar refractivity (Wildman–Crippen MR) is 94.3 cm³/mol. The van der Waals surface area contributed by atoms with E-state index in [1.807, 2.05) is 14.1 Å². The first-order valence-electron chi connectivity index (χ1n) is 8.57. The normalized spacial score (nSPS) is 17.3. The van der Waals surface area contributed by atoms with Gasteiger partial charge in [-0.1, -0.05) is 37.8 Å². The zero-order valence-corrected chi connectivity index (χ0v) is 14.8. The number of hydrogen-bond acceptors (Lipinski definition) is 4. The summed E-state index contributed by atoms with van der Waals surface area (Å²) in [6.45, 7) is 2.17. The maximum absolute atomic E-state index is 12.6. The summed E-state index contributed by atoms with van der Waals surface area (Å²) in [7, 11) is 4.10. The van der Waals surface area contributed by atoms with Gasteiger partial charge < -0.3 is 10.2 Å². The fourth-order valence-electron chi connectivity index (χ4n) is 3.59. The van der Waals surface area contributed by atoms with Gasteiger partial charge in [0.25, 0.3) is 11.6 Å². The molecule has 1 N–H and O–H groups in total. The van der Waals surface area contributed by atoms with Gasteiger partial charge in [-0.2, -0.15) is 0 Å². The van der Waals surface area contributed by atoms with Crippen LogP contribution in [0.2, 0.25) is 0 Å². The van der Waals surface area contributed by atoms with Gasteiger partial charge >= 0.3 is 0 Å². The van der Waals surface area contributed by atoms with E-state index in [1.165, 1.54) is 18.9 Å². The van der Waals surface area contributed by atoms with Crippen LogP contribution in [0, 0.1) is 17.0 Å². The first-order chi connectivity index (χ1) is 11.4. The Morgan fingerprint density at radius 3 is 2.42 bits per heavy atom. The van der Waals surface area contributed by atoms with E-state index in [9.17, 15) is 14.9 Å². The van der Waals surface area contributed by atoms with Crippen LogP contribution in [-0.4, -0.2) is 41.9 Å². The molecule has 0 aromatic heterocycles. The minimum Gasteiger partial charge on any atom is -0.350 e. The van der Waals surface area contributed by atoms with Crippen molar-refractivity contribution in [3.63, 3.8) is 0 Å². The van der Waals surface area contributed by atoms with E-state index in [4.69, 9.17) is 0 Å². The summed E-state index contributed by atoms with van der Waals surface area (Å²) in [5, 5.41) is 14.2. The summed E-state index contributed by atoms with van der Waals surface area (Å²) in [5.74, 6) is -0.365. The third kappa shape index (κ3) is 3.93. The minimum absolute atomic E-state index is 0.0647. The summed E-state index contributed by atoms with van der Waals surface area (Å²) >= 11 is 0. The van der Waals surface area contributed by atoms with Crippen molar-refractivity contribution in [2.24, 2.45) is 0 Å². The van der Waals surface area contributed by atoms with Crippen molar-refractivity contribution in [1.82, 2.24) is 10.2 Å².